The number of nitrogens with zero attached hydrogens (tertiary/aromatic N) is 2. The van der Waals surface area contributed by atoms with Crippen LogP contribution in [0.15, 0.2) is 29.8 Å². The maximum absolute atomic E-state index is 13.1. The Balaban J connectivity index is 1.64. The molecule has 8 nitrogen and oxygen atoms in total. The van der Waals surface area contributed by atoms with Crippen LogP contribution >= 0.6 is 11.3 Å². The Morgan fingerprint density at radius 1 is 1.24 bits per heavy atom. The molecule has 0 saturated carbocycles. The number of hydrogen-bond donors (Lipinski definition) is 3. The molecule has 1 aromatic carbocycles. The fraction of sp³-hybridized carbons (Fsp3) is 0.500. The van der Waals surface area contributed by atoms with E-state index < -0.39 is 18.2 Å². The van der Waals surface area contributed by atoms with Gasteiger partial charge in [0, 0.05) is 26.4 Å². The minimum Gasteiger partial charge on any atom is -0.391 e. The number of β-amino-alcohol motifs (C(OH)–C–C–N with tert-alkyl or cyclic N) is 1. The molecule has 2 heterocycles. The highest BCUT2D eigenvalue weighted by Gasteiger charge is 2.41. The molecule has 0 bridgehead atoms. The van der Waals surface area contributed by atoms with E-state index in [0.29, 0.717) is 13.0 Å². The van der Waals surface area contributed by atoms with Crippen LogP contribution in [0.1, 0.15) is 44.9 Å². The van der Waals surface area contributed by atoms with Gasteiger partial charge in [-0.1, -0.05) is 38.1 Å². The molecule has 178 valence electrons. The number of rotatable bonds is 8. The highest BCUT2D eigenvalue weighted by molar-refractivity contribution is 7.13. The SMILES string of the molecule is CC(=O)NC(CC(C)C)C(=O)N1CC(O)CC1C(=O)NCc1ccc(-c2scnc2C)cc1. The third-order valence-electron chi connectivity index (χ3n) is 5.68. The standard InChI is InChI=1S/C24H32N4O4S/c1-14(2)9-20(27-16(4)29)24(32)28-12-19(30)10-21(28)23(31)25-11-17-5-7-18(8-6-17)22-15(3)26-13-33-22/h5-8,13-14,19-21,30H,9-12H2,1-4H3,(H,25,31)(H,27,29). The Hall–Kier alpha value is -2.78. The monoisotopic (exact) mass is 472 g/mol. The summed E-state index contributed by atoms with van der Waals surface area (Å²) in [7, 11) is 0. The number of likely N-dealkylation sites (tertiary alicyclic amines) is 1. The molecule has 33 heavy (non-hydrogen) atoms. The van der Waals surface area contributed by atoms with Crippen LogP contribution in [0.2, 0.25) is 0 Å². The number of nitrogens with one attached hydrogen (secondary N) is 2. The summed E-state index contributed by atoms with van der Waals surface area (Å²) in [5.74, 6) is -0.762. The van der Waals surface area contributed by atoms with Crippen molar-refractivity contribution in [3.63, 3.8) is 0 Å². The van der Waals surface area contributed by atoms with Gasteiger partial charge in [0.2, 0.25) is 17.7 Å². The summed E-state index contributed by atoms with van der Waals surface area (Å²) in [5.41, 5.74) is 4.82. The second kappa shape index (κ2) is 10.9. The van der Waals surface area contributed by atoms with Gasteiger partial charge < -0.3 is 20.6 Å². The van der Waals surface area contributed by atoms with E-state index in [1.165, 1.54) is 11.8 Å². The lowest BCUT2D eigenvalue weighted by Crippen LogP contribution is -2.53. The molecule has 1 aromatic heterocycles. The Morgan fingerprint density at radius 2 is 1.94 bits per heavy atom. The van der Waals surface area contributed by atoms with Crippen molar-refractivity contribution in [3.05, 3.63) is 41.0 Å². The third-order valence-corrected chi connectivity index (χ3v) is 6.65. The highest BCUT2D eigenvalue weighted by atomic mass is 32.1. The van der Waals surface area contributed by atoms with Crippen molar-refractivity contribution in [2.45, 2.75) is 65.3 Å². The van der Waals surface area contributed by atoms with Crippen LogP contribution in [-0.4, -0.2) is 57.4 Å². The number of aryl methyl sites for hydroxylation is 1. The number of thiazole rings is 1. The maximum atomic E-state index is 13.1. The number of benzene rings is 1. The molecule has 9 heteroatoms. The smallest absolute Gasteiger partial charge is 0.245 e. The van der Waals surface area contributed by atoms with Gasteiger partial charge in [0.25, 0.3) is 0 Å². The Bertz CT molecular complexity index is 989. The molecular formula is C24H32N4O4S. The fourth-order valence-electron chi connectivity index (χ4n) is 4.10. The third kappa shape index (κ3) is 6.39. The number of carbonyl (C=O) groups is 3. The largest absolute Gasteiger partial charge is 0.391 e. The van der Waals surface area contributed by atoms with E-state index in [-0.39, 0.29) is 36.6 Å². The zero-order chi connectivity index (χ0) is 24.1. The second-order valence-corrected chi connectivity index (χ2v) is 9.81. The lowest BCUT2D eigenvalue weighted by atomic mass is 10.0. The molecular weight excluding hydrogens is 440 g/mol. The van der Waals surface area contributed by atoms with Gasteiger partial charge in [-0.05, 0) is 30.4 Å². The van der Waals surface area contributed by atoms with Crippen molar-refractivity contribution < 1.29 is 19.5 Å². The summed E-state index contributed by atoms with van der Waals surface area (Å²) >= 11 is 1.59. The molecule has 3 unspecified atom stereocenters. The average Bonchev–Trinajstić information content (AvgIpc) is 3.36. The predicted octanol–water partition coefficient (Wildman–Crippen LogP) is 2.25. The quantitative estimate of drug-likeness (QED) is 0.546. The number of amides is 3. The Morgan fingerprint density at radius 3 is 2.52 bits per heavy atom. The lowest BCUT2D eigenvalue weighted by molar-refractivity contribution is -0.141. The summed E-state index contributed by atoms with van der Waals surface area (Å²) in [6.07, 6.45) is -0.135. The predicted molar refractivity (Wildman–Crippen MR) is 127 cm³/mol. The zero-order valence-electron chi connectivity index (χ0n) is 19.5. The molecule has 3 rings (SSSR count). The number of aliphatic hydroxyl groups excluding tert-OH is 1. The number of aromatic nitrogens is 1. The van der Waals surface area contributed by atoms with Gasteiger partial charge in [0.1, 0.15) is 12.1 Å². The summed E-state index contributed by atoms with van der Waals surface area (Å²) in [6, 6.07) is 6.43. The lowest BCUT2D eigenvalue weighted by Gasteiger charge is -2.29. The van der Waals surface area contributed by atoms with Gasteiger partial charge in [-0.2, -0.15) is 0 Å². The summed E-state index contributed by atoms with van der Waals surface area (Å²) in [5, 5.41) is 15.8. The van der Waals surface area contributed by atoms with Gasteiger partial charge >= 0.3 is 0 Å². The van der Waals surface area contributed by atoms with Crippen LogP contribution in [0.25, 0.3) is 10.4 Å². The van der Waals surface area contributed by atoms with Crippen LogP contribution < -0.4 is 10.6 Å². The van der Waals surface area contributed by atoms with Crippen molar-refractivity contribution >= 4 is 29.1 Å². The van der Waals surface area contributed by atoms with E-state index in [1.807, 2.05) is 50.5 Å². The normalized spacial score (nSPS) is 18.9. The zero-order valence-corrected chi connectivity index (χ0v) is 20.3. The van der Waals surface area contributed by atoms with E-state index in [0.717, 1.165) is 21.7 Å². The van der Waals surface area contributed by atoms with Crippen molar-refractivity contribution in [2.24, 2.45) is 5.92 Å². The van der Waals surface area contributed by atoms with Crippen molar-refractivity contribution in [1.82, 2.24) is 20.5 Å². The minimum atomic E-state index is -0.774. The fourth-order valence-corrected chi connectivity index (χ4v) is 4.92. The molecule has 3 N–H and O–H groups in total. The molecule has 0 radical (unpaired) electrons. The van der Waals surface area contributed by atoms with Gasteiger partial charge in [-0.15, -0.1) is 11.3 Å². The van der Waals surface area contributed by atoms with Gasteiger partial charge in [-0.25, -0.2) is 4.98 Å². The van der Waals surface area contributed by atoms with E-state index in [1.54, 1.807) is 11.3 Å². The first-order chi connectivity index (χ1) is 15.7. The first-order valence-electron chi connectivity index (χ1n) is 11.2. The summed E-state index contributed by atoms with van der Waals surface area (Å²) in [6.45, 7) is 7.66. The molecule has 0 spiro atoms. The minimum absolute atomic E-state index is 0.0774. The number of carbonyl (C=O) groups excluding carboxylic acids is 3. The second-order valence-electron chi connectivity index (χ2n) is 8.96. The van der Waals surface area contributed by atoms with Crippen molar-refractivity contribution in [2.75, 3.05) is 6.54 Å². The van der Waals surface area contributed by atoms with Crippen LogP contribution in [0.4, 0.5) is 0 Å². The topological polar surface area (TPSA) is 112 Å². The average molecular weight is 473 g/mol. The van der Waals surface area contributed by atoms with Crippen LogP contribution in [0.3, 0.4) is 0 Å². The van der Waals surface area contributed by atoms with E-state index in [2.05, 4.69) is 15.6 Å². The Labute approximate surface area is 198 Å². The first kappa shape index (κ1) is 24.9. The van der Waals surface area contributed by atoms with E-state index >= 15 is 0 Å². The van der Waals surface area contributed by atoms with Crippen molar-refractivity contribution in [3.8, 4) is 10.4 Å². The summed E-state index contributed by atoms with van der Waals surface area (Å²) in [4.78, 5) is 44.5. The van der Waals surface area contributed by atoms with Gasteiger partial charge in [-0.3, -0.25) is 14.4 Å². The van der Waals surface area contributed by atoms with Crippen LogP contribution in [0.5, 0.6) is 0 Å². The van der Waals surface area contributed by atoms with Crippen LogP contribution in [0, 0.1) is 12.8 Å². The highest BCUT2D eigenvalue weighted by Crippen LogP contribution is 2.27. The maximum Gasteiger partial charge on any atom is 0.245 e. The molecule has 1 fully saturated rings. The number of hydrogen-bond acceptors (Lipinski definition) is 6. The molecule has 0 aliphatic carbocycles. The molecule has 3 atom stereocenters. The molecule has 1 aliphatic heterocycles. The molecule has 2 aromatic rings. The Kier molecular flexibility index (Phi) is 8.20. The van der Waals surface area contributed by atoms with Crippen LogP contribution in [-0.2, 0) is 20.9 Å². The van der Waals surface area contributed by atoms with Gasteiger partial charge in [0.15, 0.2) is 0 Å². The first-order valence-corrected chi connectivity index (χ1v) is 12.1. The number of aliphatic hydroxyl groups is 1. The van der Waals surface area contributed by atoms with Crippen molar-refractivity contribution in [1.29, 1.82) is 0 Å². The summed E-state index contributed by atoms with van der Waals surface area (Å²) < 4.78 is 0. The molecule has 1 saturated heterocycles. The molecule has 1 aliphatic rings. The van der Waals surface area contributed by atoms with Gasteiger partial charge in [0.05, 0.1) is 22.2 Å². The van der Waals surface area contributed by atoms with E-state index in [9.17, 15) is 19.5 Å². The van der Waals surface area contributed by atoms with E-state index in [4.69, 9.17) is 0 Å². The molecule has 3 amide bonds.